The van der Waals surface area contributed by atoms with Crippen molar-refractivity contribution in [3.8, 4) is 0 Å². The molecule has 2 radical (unpaired) electrons. The summed E-state index contributed by atoms with van der Waals surface area (Å²) in [5, 5.41) is 75.0. The van der Waals surface area contributed by atoms with E-state index in [2.05, 4.69) is 0 Å². The summed E-state index contributed by atoms with van der Waals surface area (Å²) in [6.45, 7) is 57.0. The van der Waals surface area contributed by atoms with Gasteiger partial charge in [0.1, 0.15) is 0 Å². The second-order valence-electron chi connectivity index (χ2n) is 0. The van der Waals surface area contributed by atoms with Gasteiger partial charge in [0.25, 0.3) is 0 Å². The SMILES string of the molecule is [C-]#N.[C-]#N.[C-]#N.[C-]#N.[C-]#N.[C-]#N.[C-]#N.[C-]#N.[C-]#N.[C-]#N.[C-]#N.[C-]#N.[V+4].[V+4].[W]. The first kappa shape index (κ1) is 179. The van der Waals surface area contributed by atoms with E-state index in [-0.39, 0.29) is 58.2 Å². The van der Waals surface area contributed by atoms with Gasteiger partial charge in [0.2, 0.25) is 0 Å². The van der Waals surface area contributed by atoms with Gasteiger partial charge in [-0.2, -0.15) is 0 Å². The van der Waals surface area contributed by atoms with Crippen LogP contribution in [0.3, 0.4) is 0 Å². The molecule has 0 spiro atoms. The van der Waals surface area contributed by atoms with Gasteiger partial charge in [0.05, 0.1) is 0 Å². The van der Waals surface area contributed by atoms with Gasteiger partial charge in [-0.25, -0.2) is 0 Å². The van der Waals surface area contributed by atoms with E-state index in [0.29, 0.717) is 0 Å². The Morgan fingerprint density at radius 1 is 0.185 bits per heavy atom. The molecule has 0 rings (SSSR count). The predicted octanol–water partition coefficient (Wildman–Crippen LogP) is 1.15. The Morgan fingerprint density at radius 2 is 0.185 bits per heavy atom. The Kier molecular flexibility index (Phi) is 3420. The van der Waals surface area contributed by atoms with Crippen LogP contribution in [0.15, 0.2) is 0 Å². The zero-order chi connectivity index (χ0) is 24.0. The molecule has 27 heavy (non-hydrogen) atoms. The average Bonchev–Trinajstić information content (AvgIpc) is 2.84. The molecular formula is C12N12V2W-4. The van der Waals surface area contributed by atoms with E-state index >= 15 is 0 Å². The summed E-state index contributed by atoms with van der Waals surface area (Å²) in [5.41, 5.74) is 0. The third-order valence-electron chi connectivity index (χ3n) is 0. The van der Waals surface area contributed by atoms with E-state index in [1.807, 2.05) is 0 Å². The topological polar surface area (TPSA) is 285 Å². The van der Waals surface area contributed by atoms with Crippen LogP contribution in [0.25, 0.3) is 0 Å². The molecule has 0 aromatic rings. The molecule has 128 valence electrons. The van der Waals surface area contributed by atoms with Crippen LogP contribution in [0.1, 0.15) is 0 Å². The summed E-state index contributed by atoms with van der Waals surface area (Å²) in [5.74, 6) is 0. The molecular weight excluding hydrogens is 598 g/mol. The van der Waals surface area contributed by atoms with Crippen molar-refractivity contribution in [1.82, 2.24) is 0 Å². The van der Waals surface area contributed by atoms with Crippen LogP contribution < -0.4 is 0 Å². The summed E-state index contributed by atoms with van der Waals surface area (Å²) >= 11 is 0. The number of hydrogen-bond donors (Lipinski definition) is 0. The minimum absolute atomic E-state index is 0. The molecule has 0 atom stereocenters. The van der Waals surface area contributed by atoms with Crippen molar-refractivity contribution >= 4 is 0 Å². The maximum Gasteiger partial charge on any atom is 4.00 e. The minimum Gasteiger partial charge on any atom is -0.512 e. The Balaban J connectivity index is -0.00000000443. The molecule has 0 unspecified atom stereocenters. The van der Waals surface area contributed by atoms with E-state index in [0.717, 1.165) is 0 Å². The van der Waals surface area contributed by atoms with Gasteiger partial charge < -0.3 is 142 Å². The fourth-order valence-corrected chi connectivity index (χ4v) is 0. The average molecular weight is 598 g/mol. The monoisotopic (exact) mass is 598 g/mol. The van der Waals surface area contributed by atoms with Crippen LogP contribution in [0.2, 0.25) is 0 Å². The molecule has 0 saturated carbocycles. The fourth-order valence-electron chi connectivity index (χ4n) is 0. The quantitative estimate of drug-likeness (QED) is 0.355. The van der Waals surface area contributed by atoms with Crippen LogP contribution in [-0.4, -0.2) is 0 Å². The van der Waals surface area contributed by atoms with Crippen LogP contribution >= 0.6 is 0 Å². The summed E-state index contributed by atoms with van der Waals surface area (Å²) in [7, 11) is 0. The molecule has 0 heterocycles. The second kappa shape index (κ2) is 514. The van der Waals surface area contributed by atoms with E-state index in [1.165, 1.54) is 0 Å². The predicted molar refractivity (Wildman–Crippen MR) is 59.6 cm³/mol. The molecule has 12 nitrogen and oxygen atoms in total. The van der Waals surface area contributed by atoms with E-state index in [4.69, 9.17) is 142 Å². The first-order valence-corrected chi connectivity index (χ1v) is 2.68. The third-order valence-corrected chi connectivity index (χ3v) is 0. The van der Waals surface area contributed by atoms with E-state index in [9.17, 15) is 0 Å². The summed E-state index contributed by atoms with van der Waals surface area (Å²) < 4.78 is 0. The first-order chi connectivity index (χ1) is 12.0. The zero-order valence-electron chi connectivity index (χ0n) is 12.7. The van der Waals surface area contributed by atoms with Crippen molar-refractivity contribution in [3.63, 3.8) is 0 Å². The van der Waals surface area contributed by atoms with Crippen molar-refractivity contribution in [2.24, 2.45) is 0 Å². The molecule has 0 N–H and O–H groups in total. The Labute approximate surface area is 199 Å². The minimum atomic E-state index is 0. The molecule has 0 fully saturated rings. The van der Waals surface area contributed by atoms with Gasteiger partial charge in [-0.1, -0.05) is 0 Å². The number of rotatable bonds is 0. The molecule has 0 aliphatic heterocycles. The van der Waals surface area contributed by atoms with Crippen molar-refractivity contribution in [1.29, 1.82) is 63.1 Å². The van der Waals surface area contributed by atoms with Crippen LogP contribution in [0.5, 0.6) is 0 Å². The van der Waals surface area contributed by atoms with Crippen molar-refractivity contribution < 1.29 is 58.2 Å². The first-order valence-electron chi connectivity index (χ1n) is 2.68. The van der Waals surface area contributed by atoms with Crippen molar-refractivity contribution in [3.05, 3.63) is 78.9 Å². The fraction of sp³-hybridized carbons (Fsp3) is 0. The second-order valence-corrected chi connectivity index (χ2v) is 0. The standard InChI is InChI=1S/12CN.2V.W/c12*1-2;;;/q12*-1;2*+4;. The molecule has 0 aliphatic rings. The number of nitrogens with zero attached hydrogens (tertiary/aromatic N) is 12. The van der Waals surface area contributed by atoms with Gasteiger partial charge in [0.15, 0.2) is 0 Å². The largest absolute Gasteiger partial charge is 4.00 e. The van der Waals surface area contributed by atoms with Gasteiger partial charge in [-0.3, -0.25) is 0 Å². The third kappa shape index (κ3) is 466. The van der Waals surface area contributed by atoms with Gasteiger partial charge in [-0.05, 0) is 0 Å². The summed E-state index contributed by atoms with van der Waals surface area (Å²) in [6.07, 6.45) is 0. The Morgan fingerprint density at radius 3 is 0.185 bits per heavy atom. The maximum atomic E-state index is 6.25. The van der Waals surface area contributed by atoms with Crippen LogP contribution in [0.4, 0.5) is 0 Å². The zero-order valence-corrected chi connectivity index (χ0v) is 18.4. The summed E-state index contributed by atoms with van der Waals surface area (Å²) in [4.78, 5) is 0. The molecule has 15 heteroatoms. The molecule has 0 aromatic carbocycles. The van der Waals surface area contributed by atoms with Crippen LogP contribution in [0, 0.1) is 142 Å². The maximum absolute atomic E-state index is 6.25. The van der Waals surface area contributed by atoms with Gasteiger partial charge in [0, 0.05) is 21.1 Å². The van der Waals surface area contributed by atoms with Crippen molar-refractivity contribution in [2.45, 2.75) is 0 Å². The Hall–Kier alpha value is -4.26. The van der Waals surface area contributed by atoms with Gasteiger partial charge >= 0.3 is 37.1 Å². The molecule has 0 aliphatic carbocycles. The van der Waals surface area contributed by atoms with E-state index in [1.54, 1.807) is 0 Å². The van der Waals surface area contributed by atoms with Crippen molar-refractivity contribution in [2.75, 3.05) is 0 Å². The van der Waals surface area contributed by atoms with E-state index < -0.39 is 0 Å². The normalized spacial score (nSPS) is 0.889. The molecule has 0 saturated heterocycles. The Bertz CT molecular complexity index is 226. The van der Waals surface area contributed by atoms with Gasteiger partial charge in [-0.15, -0.1) is 0 Å². The summed E-state index contributed by atoms with van der Waals surface area (Å²) in [6, 6.07) is 0. The van der Waals surface area contributed by atoms with Crippen LogP contribution in [-0.2, 0) is 58.2 Å². The number of hydrogen-bond acceptors (Lipinski definition) is 12. The molecule has 0 bridgehead atoms. The molecule has 0 aromatic heterocycles. The molecule has 0 amide bonds. The smallest absolute Gasteiger partial charge is 0.512 e.